The quantitative estimate of drug-likeness (QED) is 0.338. The summed E-state index contributed by atoms with van der Waals surface area (Å²) >= 11 is 0. The number of para-hydroxylation sites is 1. The maximum absolute atomic E-state index is 13.6. The summed E-state index contributed by atoms with van der Waals surface area (Å²) in [7, 11) is 1.60. The van der Waals surface area contributed by atoms with Crippen LogP contribution in [0.4, 0.5) is 33.6 Å². The van der Waals surface area contributed by atoms with Gasteiger partial charge in [0.25, 0.3) is 0 Å². The summed E-state index contributed by atoms with van der Waals surface area (Å²) in [6.45, 7) is 6.92. The molecule has 0 bridgehead atoms. The lowest BCUT2D eigenvalue weighted by Crippen LogP contribution is -2.36. The van der Waals surface area contributed by atoms with Gasteiger partial charge in [0.2, 0.25) is 11.8 Å². The Morgan fingerprint density at radius 3 is 2.38 bits per heavy atom. The molecule has 0 unspecified atom stereocenters. The average Bonchev–Trinajstić information content (AvgIpc) is 2.96. The van der Waals surface area contributed by atoms with Crippen molar-refractivity contribution in [3.8, 4) is 11.6 Å². The lowest BCUT2D eigenvalue weighted by Gasteiger charge is -2.27. The highest BCUT2D eigenvalue weighted by atomic mass is 16.6. The number of nitrogens with one attached hydrogen (secondary N) is 1. The Morgan fingerprint density at radius 2 is 1.72 bits per heavy atom. The van der Waals surface area contributed by atoms with E-state index in [9.17, 15) is 4.79 Å². The van der Waals surface area contributed by atoms with E-state index in [2.05, 4.69) is 25.2 Å². The molecule has 0 radical (unpaired) electrons. The van der Waals surface area contributed by atoms with Gasteiger partial charge in [0.1, 0.15) is 11.6 Å². The summed E-state index contributed by atoms with van der Waals surface area (Å²) in [5.74, 6) is 1.97. The number of benzene rings is 2. The van der Waals surface area contributed by atoms with Gasteiger partial charge in [0.05, 0.1) is 43.6 Å². The van der Waals surface area contributed by atoms with Crippen LogP contribution in [-0.4, -0.2) is 54.5 Å². The molecule has 39 heavy (non-hydrogen) atoms. The standard InChI is InChI=1S/C29H30N6O4/c1-20-5-4-6-21(2)27(20)35(23-8-10-24(37-3)11-9-23)29(36)39-26-13-14-30-28(33-26)32-22-7-12-25(31-19-22)34-15-17-38-18-16-34/h4-14,19H,15-18H2,1-3H3,(H,30,32,33). The number of hydrogen-bond donors (Lipinski definition) is 1. The Kier molecular flexibility index (Phi) is 7.83. The van der Waals surface area contributed by atoms with Gasteiger partial charge in [0, 0.05) is 25.4 Å². The molecular weight excluding hydrogens is 496 g/mol. The minimum Gasteiger partial charge on any atom is -0.497 e. The summed E-state index contributed by atoms with van der Waals surface area (Å²) in [5, 5.41) is 3.12. The second-order valence-corrected chi connectivity index (χ2v) is 8.99. The van der Waals surface area contributed by atoms with Gasteiger partial charge >= 0.3 is 6.09 Å². The van der Waals surface area contributed by atoms with E-state index in [-0.39, 0.29) is 11.8 Å². The molecule has 3 heterocycles. The zero-order valence-electron chi connectivity index (χ0n) is 22.1. The number of aryl methyl sites for hydroxylation is 2. The van der Waals surface area contributed by atoms with Crippen molar-refractivity contribution in [3.05, 3.63) is 84.2 Å². The van der Waals surface area contributed by atoms with Crippen LogP contribution in [0.15, 0.2) is 73.1 Å². The summed E-state index contributed by atoms with van der Waals surface area (Å²) < 4.78 is 16.5. The molecule has 2 aromatic heterocycles. The number of carbonyl (C=O) groups is 1. The molecule has 1 aliphatic rings. The number of anilines is 5. The Hall–Kier alpha value is -4.70. The lowest BCUT2D eigenvalue weighted by atomic mass is 10.1. The van der Waals surface area contributed by atoms with Gasteiger partial charge in [-0.2, -0.15) is 4.98 Å². The predicted octanol–water partition coefficient (Wildman–Crippen LogP) is 5.41. The summed E-state index contributed by atoms with van der Waals surface area (Å²) in [6.07, 6.45) is 2.66. The molecule has 1 amide bonds. The smallest absolute Gasteiger partial charge is 0.425 e. The number of amides is 1. The number of aromatic nitrogens is 3. The van der Waals surface area contributed by atoms with Crippen molar-refractivity contribution < 1.29 is 19.0 Å². The van der Waals surface area contributed by atoms with E-state index < -0.39 is 6.09 Å². The first kappa shape index (κ1) is 25.9. The molecule has 0 spiro atoms. The van der Waals surface area contributed by atoms with E-state index in [4.69, 9.17) is 14.2 Å². The van der Waals surface area contributed by atoms with Crippen molar-refractivity contribution in [2.24, 2.45) is 0 Å². The van der Waals surface area contributed by atoms with E-state index >= 15 is 0 Å². The van der Waals surface area contributed by atoms with Gasteiger partial charge in [-0.1, -0.05) is 18.2 Å². The van der Waals surface area contributed by atoms with E-state index in [0.717, 1.165) is 35.7 Å². The van der Waals surface area contributed by atoms with Crippen LogP contribution in [-0.2, 0) is 4.74 Å². The summed E-state index contributed by atoms with van der Waals surface area (Å²) in [4.78, 5) is 30.5. The molecule has 1 fully saturated rings. The largest absolute Gasteiger partial charge is 0.497 e. The second-order valence-electron chi connectivity index (χ2n) is 8.99. The van der Waals surface area contributed by atoms with Gasteiger partial charge < -0.3 is 24.4 Å². The topological polar surface area (TPSA) is 102 Å². The molecule has 1 aliphatic heterocycles. The van der Waals surface area contributed by atoms with E-state index in [0.29, 0.717) is 30.3 Å². The van der Waals surface area contributed by atoms with Gasteiger partial charge in [-0.3, -0.25) is 0 Å². The Bertz CT molecular complexity index is 1400. The maximum atomic E-state index is 13.6. The van der Waals surface area contributed by atoms with Crippen molar-refractivity contribution in [3.63, 3.8) is 0 Å². The molecule has 0 atom stereocenters. The van der Waals surface area contributed by atoms with Gasteiger partial charge in [-0.25, -0.2) is 19.7 Å². The van der Waals surface area contributed by atoms with E-state index in [1.54, 1.807) is 31.5 Å². The molecular formula is C29H30N6O4. The highest BCUT2D eigenvalue weighted by Crippen LogP contribution is 2.33. The van der Waals surface area contributed by atoms with E-state index in [1.807, 2.05) is 56.3 Å². The third-order valence-electron chi connectivity index (χ3n) is 6.34. The number of carbonyl (C=O) groups excluding carboxylic acids is 1. The van der Waals surface area contributed by atoms with Crippen LogP contribution in [0.3, 0.4) is 0 Å². The maximum Gasteiger partial charge on any atom is 0.425 e. The number of hydrogen-bond acceptors (Lipinski definition) is 9. The van der Waals surface area contributed by atoms with Crippen LogP contribution in [0.25, 0.3) is 0 Å². The Morgan fingerprint density at radius 1 is 0.974 bits per heavy atom. The average molecular weight is 527 g/mol. The van der Waals surface area contributed by atoms with Crippen LogP contribution in [0.2, 0.25) is 0 Å². The molecule has 10 nitrogen and oxygen atoms in total. The van der Waals surface area contributed by atoms with Gasteiger partial charge in [-0.05, 0) is 61.4 Å². The molecule has 1 saturated heterocycles. The van der Waals surface area contributed by atoms with Crippen molar-refractivity contribution in [1.82, 2.24) is 15.0 Å². The summed E-state index contributed by atoms with van der Waals surface area (Å²) in [6, 6.07) is 18.5. The highest BCUT2D eigenvalue weighted by Gasteiger charge is 2.24. The zero-order valence-corrected chi connectivity index (χ0v) is 22.1. The second kappa shape index (κ2) is 11.8. The van der Waals surface area contributed by atoms with Crippen molar-refractivity contribution >= 4 is 34.9 Å². The number of morpholine rings is 1. The number of pyridine rings is 1. The van der Waals surface area contributed by atoms with Crippen LogP contribution in [0.5, 0.6) is 11.6 Å². The molecule has 200 valence electrons. The Labute approximate surface area is 227 Å². The third kappa shape index (κ3) is 6.07. The first-order valence-corrected chi connectivity index (χ1v) is 12.6. The van der Waals surface area contributed by atoms with E-state index in [1.165, 1.54) is 11.1 Å². The Balaban J connectivity index is 1.35. The molecule has 4 aromatic rings. The van der Waals surface area contributed by atoms with Crippen molar-refractivity contribution in [2.45, 2.75) is 13.8 Å². The molecule has 5 rings (SSSR count). The lowest BCUT2D eigenvalue weighted by molar-refractivity contribution is 0.122. The molecule has 1 N–H and O–H groups in total. The fraction of sp³-hybridized carbons (Fsp3) is 0.241. The number of methoxy groups -OCH3 is 1. The normalized spacial score (nSPS) is 13.1. The minimum atomic E-state index is -0.598. The fourth-order valence-corrected chi connectivity index (χ4v) is 4.38. The molecule has 2 aromatic carbocycles. The monoisotopic (exact) mass is 526 g/mol. The van der Waals surface area contributed by atoms with Crippen LogP contribution < -0.4 is 24.6 Å². The number of nitrogens with zero attached hydrogens (tertiary/aromatic N) is 5. The predicted molar refractivity (Wildman–Crippen MR) is 150 cm³/mol. The molecule has 0 aliphatic carbocycles. The third-order valence-corrected chi connectivity index (χ3v) is 6.34. The minimum absolute atomic E-state index is 0.111. The molecule has 10 heteroatoms. The van der Waals surface area contributed by atoms with Gasteiger partial charge in [0.15, 0.2) is 0 Å². The van der Waals surface area contributed by atoms with Crippen LogP contribution >= 0.6 is 0 Å². The van der Waals surface area contributed by atoms with Crippen molar-refractivity contribution in [2.75, 3.05) is 48.5 Å². The SMILES string of the molecule is COc1ccc(N(C(=O)Oc2ccnc(Nc3ccc(N4CCOCC4)nc3)n2)c2c(C)cccc2C)cc1. The highest BCUT2D eigenvalue weighted by molar-refractivity contribution is 5.98. The fourth-order valence-electron chi connectivity index (χ4n) is 4.38. The van der Waals surface area contributed by atoms with Crippen molar-refractivity contribution in [1.29, 1.82) is 0 Å². The number of rotatable bonds is 7. The first-order chi connectivity index (χ1) is 19.0. The van der Waals surface area contributed by atoms with Crippen LogP contribution in [0, 0.1) is 13.8 Å². The van der Waals surface area contributed by atoms with Gasteiger partial charge in [-0.15, -0.1) is 0 Å². The molecule has 0 saturated carbocycles. The summed E-state index contributed by atoms with van der Waals surface area (Å²) in [5.41, 5.74) is 3.95. The number of ether oxygens (including phenoxy) is 3. The first-order valence-electron chi connectivity index (χ1n) is 12.6. The zero-order chi connectivity index (χ0) is 27.2. The van der Waals surface area contributed by atoms with Crippen LogP contribution in [0.1, 0.15) is 11.1 Å².